The molecule has 0 spiro atoms. The second kappa shape index (κ2) is 7.85. The van der Waals surface area contributed by atoms with Crippen LogP contribution in [0.4, 0.5) is 5.69 Å². The highest BCUT2D eigenvalue weighted by Crippen LogP contribution is 2.18. The summed E-state index contributed by atoms with van der Waals surface area (Å²) in [6.07, 6.45) is 1.55. The Hall–Kier alpha value is -2.79. The molecule has 0 saturated carbocycles. The lowest BCUT2D eigenvalue weighted by molar-refractivity contribution is 0.330. The van der Waals surface area contributed by atoms with Crippen molar-refractivity contribution in [2.45, 2.75) is 6.92 Å². The summed E-state index contributed by atoms with van der Waals surface area (Å²) in [6.45, 7) is 2.94. The number of aromatic nitrogens is 2. The van der Waals surface area contributed by atoms with Gasteiger partial charge in [-0.3, -0.25) is 4.79 Å². The van der Waals surface area contributed by atoms with E-state index in [-0.39, 0.29) is 10.6 Å². The first-order valence-corrected chi connectivity index (χ1v) is 8.30. The lowest BCUT2D eigenvalue weighted by Gasteiger charge is -2.12. The molecule has 0 bridgehead atoms. The van der Waals surface area contributed by atoms with Crippen LogP contribution in [0.15, 0.2) is 65.6 Å². The number of rotatable bonds is 6. The molecule has 0 radical (unpaired) electrons. The maximum Gasteiger partial charge on any atom is 0.292 e. The largest absolute Gasteiger partial charge is 0.491 e. The number of para-hydroxylation sites is 2. The smallest absolute Gasteiger partial charge is 0.292 e. The van der Waals surface area contributed by atoms with E-state index in [1.54, 1.807) is 18.3 Å². The Labute approximate surface area is 150 Å². The van der Waals surface area contributed by atoms with Gasteiger partial charge in [0.1, 0.15) is 17.4 Å². The van der Waals surface area contributed by atoms with Gasteiger partial charge in [0.05, 0.1) is 17.6 Å². The molecular weight excluding hydrogens is 338 g/mol. The standard InChI is InChI=1S/C19H18ClN3O2/c1-14-7-5-6-10-17(14)25-12-11-21-16-13-22-23(19(24)18(16)20)15-8-3-2-4-9-15/h2-10,13,21H,11-12H2,1H3. The third-order valence-electron chi connectivity index (χ3n) is 3.69. The molecule has 3 aromatic rings. The zero-order chi connectivity index (χ0) is 17.6. The summed E-state index contributed by atoms with van der Waals surface area (Å²) in [5.41, 5.74) is 1.88. The Balaban J connectivity index is 1.65. The predicted molar refractivity (Wildman–Crippen MR) is 100 cm³/mol. The van der Waals surface area contributed by atoms with Crippen molar-refractivity contribution in [3.05, 3.63) is 81.7 Å². The third-order valence-corrected chi connectivity index (χ3v) is 4.05. The van der Waals surface area contributed by atoms with E-state index >= 15 is 0 Å². The zero-order valence-corrected chi connectivity index (χ0v) is 14.5. The number of anilines is 1. The normalized spacial score (nSPS) is 10.5. The van der Waals surface area contributed by atoms with Gasteiger partial charge in [-0.05, 0) is 30.7 Å². The lowest BCUT2D eigenvalue weighted by Crippen LogP contribution is -2.23. The van der Waals surface area contributed by atoms with Crippen molar-refractivity contribution in [2.24, 2.45) is 0 Å². The number of nitrogens with zero attached hydrogens (tertiary/aromatic N) is 2. The number of benzene rings is 2. The van der Waals surface area contributed by atoms with Crippen LogP contribution in [0.3, 0.4) is 0 Å². The van der Waals surface area contributed by atoms with Crippen LogP contribution in [0.25, 0.3) is 5.69 Å². The van der Waals surface area contributed by atoms with E-state index in [4.69, 9.17) is 16.3 Å². The molecule has 2 aromatic carbocycles. The van der Waals surface area contributed by atoms with Crippen molar-refractivity contribution in [1.29, 1.82) is 0 Å². The molecule has 0 aliphatic carbocycles. The molecule has 5 nitrogen and oxygen atoms in total. The van der Waals surface area contributed by atoms with Gasteiger partial charge in [0, 0.05) is 6.54 Å². The van der Waals surface area contributed by atoms with Gasteiger partial charge in [0.2, 0.25) is 0 Å². The molecule has 1 N–H and O–H groups in total. The number of ether oxygens (including phenoxy) is 1. The van der Waals surface area contributed by atoms with Gasteiger partial charge in [-0.15, -0.1) is 0 Å². The maximum atomic E-state index is 12.4. The van der Waals surface area contributed by atoms with E-state index in [9.17, 15) is 4.79 Å². The molecular formula is C19H18ClN3O2. The Morgan fingerprint density at radius 1 is 1.12 bits per heavy atom. The van der Waals surface area contributed by atoms with Gasteiger partial charge < -0.3 is 10.1 Å². The summed E-state index contributed by atoms with van der Waals surface area (Å²) in [6, 6.07) is 17.0. The van der Waals surface area contributed by atoms with E-state index in [2.05, 4.69) is 10.4 Å². The average molecular weight is 356 g/mol. The molecule has 128 valence electrons. The molecule has 0 atom stereocenters. The zero-order valence-electron chi connectivity index (χ0n) is 13.8. The van der Waals surface area contributed by atoms with Gasteiger partial charge in [-0.2, -0.15) is 9.78 Å². The highest BCUT2D eigenvalue weighted by atomic mass is 35.5. The Morgan fingerprint density at radius 3 is 2.60 bits per heavy atom. The molecule has 0 fully saturated rings. The van der Waals surface area contributed by atoms with Gasteiger partial charge in [-0.25, -0.2) is 0 Å². The summed E-state index contributed by atoms with van der Waals surface area (Å²) in [5, 5.41) is 7.37. The molecule has 1 aromatic heterocycles. The summed E-state index contributed by atoms with van der Waals surface area (Å²) in [5.74, 6) is 0.841. The fourth-order valence-corrected chi connectivity index (χ4v) is 2.57. The Kier molecular flexibility index (Phi) is 5.36. The fourth-order valence-electron chi connectivity index (χ4n) is 2.37. The number of halogens is 1. The average Bonchev–Trinajstić information content (AvgIpc) is 2.64. The molecule has 0 aliphatic heterocycles. The Bertz CT molecular complexity index is 910. The minimum Gasteiger partial charge on any atom is -0.491 e. The number of nitrogens with one attached hydrogen (secondary N) is 1. The van der Waals surface area contributed by atoms with Crippen LogP contribution < -0.4 is 15.6 Å². The number of hydrogen-bond acceptors (Lipinski definition) is 4. The predicted octanol–water partition coefficient (Wildman–Crippen LogP) is 3.69. The van der Waals surface area contributed by atoms with Crippen LogP contribution in [0.2, 0.25) is 5.02 Å². The topological polar surface area (TPSA) is 56.1 Å². The van der Waals surface area contributed by atoms with Crippen LogP contribution in [0.1, 0.15) is 5.56 Å². The van der Waals surface area contributed by atoms with Crippen LogP contribution in [-0.2, 0) is 0 Å². The first-order chi connectivity index (χ1) is 12.2. The molecule has 3 rings (SSSR count). The van der Waals surface area contributed by atoms with E-state index in [1.807, 2.05) is 49.4 Å². The van der Waals surface area contributed by atoms with Gasteiger partial charge in [-0.1, -0.05) is 48.0 Å². The molecule has 0 saturated heterocycles. The number of hydrogen-bond donors (Lipinski definition) is 1. The van der Waals surface area contributed by atoms with Crippen LogP contribution >= 0.6 is 11.6 Å². The van der Waals surface area contributed by atoms with Gasteiger partial charge in [0.15, 0.2) is 0 Å². The van der Waals surface area contributed by atoms with Crippen LogP contribution in [0.5, 0.6) is 5.75 Å². The molecule has 1 heterocycles. The van der Waals surface area contributed by atoms with E-state index < -0.39 is 0 Å². The summed E-state index contributed by atoms with van der Waals surface area (Å²) in [4.78, 5) is 12.4. The van der Waals surface area contributed by atoms with Crippen molar-refractivity contribution in [1.82, 2.24) is 9.78 Å². The maximum absolute atomic E-state index is 12.4. The van der Waals surface area contributed by atoms with Crippen molar-refractivity contribution in [3.63, 3.8) is 0 Å². The monoisotopic (exact) mass is 355 g/mol. The fraction of sp³-hybridized carbons (Fsp3) is 0.158. The lowest BCUT2D eigenvalue weighted by atomic mass is 10.2. The molecule has 6 heteroatoms. The number of aryl methyl sites for hydroxylation is 1. The second-order valence-corrected chi connectivity index (χ2v) is 5.84. The highest BCUT2D eigenvalue weighted by Gasteiger charge is 2.10. The van der Waals surface area contributed by atoms with Gasteiger partial charge >= 0.3 is 0 Å². The van der Waals surface area contributed by atoms with E-state index in [1.165, 1.54) is 4.68 Å². The summed E-state index contributed by atoms with van der Waals surface area (Å²) >= 11 is 6.19. The first-order valence-electron chi connectivity index (χ1n) is 7.92. The molecule has 25 heavy (non-hydrogen) atoms. The van der Waals surface area contributed by atoms with Crippen molar-refractivity contribution in [2.75, 3.05) is 18.5 Å². The highest BCUT2D eigenvalue weighted by molar-refractivity contribution is 6.32. The minimum absolute atomic E-state index is 0.106. The minimum atomic E-state index is -0.363. The SMILES string of the molecule is Cc1ccccc1OCCNc1cnn(-c2ccccc2)c(=O)c1Cl. The second-order valence-electron chi connectivity index (χ2n) is 5.47. The molecule has 0 aliphatic rings. The van der Waals surface area contributed by atoms with Gasteiger partial charge in [0.25, 0.3) is 5.56 Å². The van der Waals surface area contributed by atoms with Crippen LogP contribution in [-0.4, -0.2) is 22.9 Å². The van der Waals surface area contributed by atoms with E-state index in [0.717, 1.165) is 11.3 Å². The quantitative estimate of drug-likeness (QED) is 0.685. The Morgan fingerprint density at radius 2 is 1.84 bits per heavy atom. The summed E-state index contributed by atoms with van der Waals surface area (Å²) in [7, 11) is 0. The summed E-state index contributed by atoms with van der Waals surface area (Å²) < 4.78 is 6.99. The van der Waals surface area contributed by atoms with Crippen molar-refractivity contribution >= 4 is 17.3 Å². The molecule has 0 amide bonds. The van der Waals surface area contributed by atoms with Crippen LogP contribution in [0, 0.1) is 6.92 Å². The van der Waals surface area contributed by atoms with Crippen molar-refractivity contribution in [3.8, 4) is 11.4 Å². The van der Waals surface area contributed by atoms with Crippen molar-refractivity contribution < 1.29 is 4.74 Å². The first kappa shape index (κ1) is 17.0. The third kappa shape index (κ3) is 4.00. The molecule has 0 unspecified atom stereocenters. The van der Waals surface area contributed by atoms with E-state index in [0.29, 0.717) is 24.5 Å².